The molecule has 0 unspecified atom stereocenters. The van der Waals surface area contributed by atoms with Gasteiger partial charge in [0, 0.05) is 12.0 Å². The van der Waals surface area contributed by atoms with Crippen LogP contribution in [0.3, 0.4) is 0 Å². The molecule has 4 heteroatoms. The second-order valence-corrected chi connectivity index (χ2v) is 5.71. The van der Waals surface area contributed by atoms with E-state index in [1.54, 1.807) is 14.2 Å². The molecule has 0 fully saturated rings. The van der Waals surface area contributed by atoms with E-state index < -0.39 is 5.79 Å². The van der Waals surface area contributed by atoms with Gasteiger partial charge in [0.25, 0.3) is 5.79 Å². The van der Waals surface area contributed by atoms with Crippen LogP contribution >= 0.6 is 0 Å². The van der Waals surface area contributed by atoms with E-state index in [-0.39, 0.29) is 0 Å². The monoisotopic (exact) mass is 298 g/mol. The molecule has 0 saturated carbocycles. The second-order valence-electron chi connectivity index (χ2n) is 5.71. The summed E-state index contributed by atoms with van der Waals surface area (Å²) in [6.07, 6.45) is 2.46. The molecule has 2 heterocycles. The summed E-state index contributed by atoms with van der Waals surface area (Å²) in [4.78, 5) is 0. The van der Waals surface area contributed by atoms with Crippen molar-refractivity contribution in [2.75, 3.05) is 14.2 Å². The number of hydrogen-bond acceptors (Lipinski definition) is 4. The number of para-hydroxylation sites is 1. The summed E-state index contributed by atoms with van der Waals surface area (Å²) < 4.78 is 23.1. The highest BCUT2D eigenvalue weighted by Crippen LogP contribution is 2.46. The van der Waals surface area contributed by atoms with E-state index in [1.165, 1.54) is 5.56 Å². The Kier molecular flexibility index (Phi) is 2.93. The standard InChI is InChI=1S/C18H18O4/c1-19-14-6-7-15-13(10-14)11-18(21-15)9-8-12-4-3-5-16(20-2)17(12)22-18/h3-7,10H,8-9,11H2,1-2H3/t18-/m0/s1. The highest BCUT2D eigenvalue weighted by molar-refractivity contribution is 5.50. The molecule has 2 aromatic rings. The Hall–Kier alpha value is -2.36. The zero-order chi connectivity index (χ0) is 15.2. The first-order chi connectivity index (χ1) is 10.7. The molecule has 0 aliphatic carbocycles. The Labute approximate surface area is 129 Å². The second kappa shape index (κ2) is 4.83. The number of rotatable bonds is 2. The van der Waals surface area contributed by atoms with E-state index >= 15 is 0 Å². The normalized spacial score (nSPS) is 21.5. The van der Waals surface area contributed by atoms with Crippen molar-refractivity contribution in [3.63, 3.8) is 0 Å². The van der Waals surface area contributed by atoms with Gasteiger partial charge in [0.05, 0.1) is 20.6 Å². The van der Waals surface area contributed by atoms with Crippen molar-refractivity contribution in [2.24, 2.45) is 0 Å². The van der Waals surface area contributed by atoms with Gasteiger partial charge in [0.1, 0.15) is 11.5 Å². The van der Waals surface area contributed by atoms with Crippen LogP contribution < -0.4 is 18.9 Å². The molecule has 1 spiro atoms. The predicted octanol–water partition coefficient (Wildman–Crippen LogP) is 3.36. The third-order valence-electron chi connectivity index (χ3n) is 4.37. The van der Waals surface area contributed by atoms with Gasteiger partial charge < -0.3 is 18.9 Å². The fraction of sp³-hybridized carbons (Fsp3) is 0.333. The van der Waals surface area contributed by atoms with Crippen LogP contribution in [-0.4, -0.2) is 20.0 Å². The third kappa shape index (κ3) is 1.98. The van der Waals surface area contributed by atoms with Crippen LogP contribution in [0.2, 0.25) is 0 Å². The van der Waals surface area contributed by atoms with Crippen molar-refractivity contribution in [2.45, 2.75) is 25.0 Å². The number of benzene rings is 2. The van der Waals surface area contributed by atoms with Crippen molar-refractivity contribution >= 4 is 0 Å². The van der Waals surface area contributed by atoms with E-state index in [0.29, 0.717) is 0 Å². The highest BCUT2D eigenvalue weighted by Gasteiger charge is 2.45. The molecule has 0 aromatic heterocycles. The first kappa shape index (κ1) is 13.3. The number of hydrogen-bond donors (Lipinski definition) is 0. The third-order valence-corrected chi connectivity index (χ3v) is 4.37. The molecule has 2 aliphatic rings. The fourth-order valence-corrected chi connectivity index (χ4v) is 3.24. The Balaban J connectivity index is 1.68. The summed E-state index contributed by atoms with van der Waals surface area (Å²) in [7, 11) is 3.33. The van der Waals surface area contributed by atoms with Crippen LogP contribution in [0.25, 0.3) is 0 Å². The Bertz CT molecular complexity index is 711. The van der Waals surface area contributed by atoms with Gasteiger partial charge in [-0.15, -0.1) is 0 Å². The molecule has 0 N–H and O–H groups in total. The van der Waals surface area contributed by atoms with Gasteiger partial charge in [0.2, 0.25) is 0 Å². The molecule has 1 atom stereocenters. The quantitative estimate of drug-likeness (QED) is 0.852. The van der Waals surface area contributed by atoms with Crippen LogP contribution in [0.5, 0.6) is 23.0 Å². The van der Waals surface area contributed by atoms with Crippen LogP contribution in [0.4, 0.5) is 0 Å². The highest BCUT2D eigenvalue weighted by atomic mass is 16.7. The van der Waals surface area contributed by atoms with Crippen LogP contribution in [0, 0.1) is 0 Å². The maximum atomic E-state index is 6.27. The fourth-order valence-electron chi connectivity index (χ4n) is 3.24. The van der Waals surface area contributed by atoms with Gasteiger partial charge in [-0.25, -0.2) is 0 Å². The molecule has 2 aromatic carbocycles. The SMILES string of the molecule is COc1ccc2c(c1)C[C@@]1(CCc3cccc(OC)c3O1)O2. The molecular formula is C18H18O4. The minimum absolute atomic E-state index is 0.629. The molecule has 4 nitrogen and oxygen atoms in total. The topological polar surface area (TPSA) is 36.9 Å². The predicted molar refractivity (Wildman–Crippen MR) is 82.0 cm³/mol. The maximum absolute atomic E-state index is 6.27. The lowest BCUT2D eigenvalue weighted by atomic mass is 9.96. The first-order valence-corrected chi connectivity index (χ1v) is 7.44. The lowest BCUT2D eigenvalue weighted by Gasteiger charge is -2.35. The molecule has 0 bridgehead atoms. The summed E-state index contributed by atoms with van der Waals surface area (Å²) in [6, 6.07) is 11.9. The first-order valence-electron chi connectivity index (χ1n) is 7.44. The van der Waals surface area contributed by atoms with Crippen molar-refractivity contribution in [3.05, 3.63) is 47.5 Å². The van der Waals surface area contributed by atoms with E-state index in [0.717, 1.165) is 47.8 Å². The smallest absolute Gasteiger partial charge is 0.255 e. The minimum atomic E-state index is -0.629. The summed E-state index contributed by atoms with van der Waals surface area (Å²) in [6.45, 7) is 0. The molecule has 0 saturated heterocycles. The zero-order valence-electron chi connectivity index (χ0n) is 12.7. The molecular weight excluding hydrogens is 280 g/mol. The summed E-state index contributed by atoms with van der Waals surface area (Å²) >= 11 is 0. The molecule has 0 radical (unpaired) electrons. The van der Waals surface area contributed by atoms with Gasteiger partial charge in [-0.1, -0.05) is 12.1 Å². The van der Waals surface area contributed by atoms with Crippen molar-refractivity contribution in [1.82, 2.24) is 0 Å². The van der Waals surface area contributed by atoms with E-state index in [9.17, 15) is 0 Å². The lowest BCUT2D eigenvalue weighted by molar-refractivity contribution is -0.112. The Morgan fingerprint density at radius 1 is 1.00 bits per heavy atom. The molecule has 2 aliphatic heterocycles. The van der Waals surface area contributed by atoms with Gasteiger partial charge >= 0.3 is 0 Å². The number of aryl methyl sites for hydroxylation is 1. The van der Waals surface area contributed by atoms with Crippen LogP contribution in [0.15, 0.2) is 36.4 Å². The average Bonchev–Trinajstić information content (AvgIpc) is 2.90. The maximum Gasteiger partial charge on any atom is 0.255 e. The minimum Gasteiger partial charge on any atom is -0.497 e. The summed E-state index contributed by atoms with van der Waals surface area (Å²) in [5.74, 6) is 2.65. The Morgan fingerprint density at radius 2 is 1.91 bits per heavy atom. The molecule has 114 valence electrons. The van der Waals surface area contributed by atoms with E-state index in [4.69, 9.17) is 18.9 Å². The van der Waals surface area contributed by atoms with Gasteiger partial charge in [-0.2, -0.15) is 0 Å². The van der Waals surface area contributed by atoms with Crippen LogP contribution in [0.1, 0.15) is 17.5 Å². The lowest BCUT2D eigenvalue weighted by Crippen LogP contribution is -2.44. The number of methoxy groups -OCH3 is 2. The largest absolute Gasteiger partial charge is 0.497 e. The summed E-state index contributed by atoms with van der Waals surface area (Å²) in [5.41, 5.74) is 2.29. The van der Waals surface area contributed by atoms with E-state index in [1.807, 2.05) is 30.3 Å². The molecule has 22 heavy (non-hydrogen) atoms. The van der Waals surface area contributed by atoms with Gasteiger partial charge in [-0.3, -0.25) is 0 Å². The van der Waals surface area contributed by atoms with Crippen molar-refractivity contribution < 1.29 is 18.9 Å². The average molecular weight is 298 g/mol. The number of ether oxygens (including phenoxy) is 4. The van der Waals surface area contributed by atoms with Crippen LogP contribution in [-0.2, 0) is 12.8 Å². The van der Waals surface area contributed by atoms with Gasteiger partial charge in [-0.05, 0) is 36.2 Å². The van der Waals surface area contributed by atoms with Gasteiger partial charge in [0.15, 0.2) is 11.5 Å². The van der Waals surface area contributed by atoms with Crippen molar-refractivity contribution in [1.29, 1.82) is 0 Å². The Morgan fingerprint density at radius 3 is 2.73 bits per heavy atom. The summed E-state index contributed by atoms with van der Waals surface area (Å²) in [5, 5.41) is 0. The number of fused-ring (bicyclic) bond motifs is 2. The van der Waals surface area contributed by atoms with Crippen molar-refractivity contribution in [3.8, 4) is 23.0 Å². The van der Waals surface area contributed by atoms with E-state index in [2.05, 4.69) is 6.07 Å². The molecule has 0 amide bonds. The molecule has 4 rings (SSSR count). The zero-order valence-corrected chi connectivity index (χ0v) is 12.7.